The molecule has 1 amide bonds. The molecule has 1 atom stereocenters. The van der Waals surface area contributed by atoms with Gasteiger partial charge in [-0.2, -0.15) is 0 Å². The monoisotopic (exact) mass is 396 g/mol. The number of rotatable bonds is 6. The number of nitrogens with one attached hydrogen (secondary N) is 1. The molecule has 30 heavy (non-hydrogen) atoms. The summed E-state index contributed by atoms with van der Waals surface area (Å²) in [5.74, 6) is -2.18. The van der Waals surface area contributed by atoms with Crippen LogP contribution in [0.1, 0.15) is 27.5 Å². The highest BCUT2D eigenvalue weighted by Crippen LogP contribution is 2.28. The molecule has 0 aliphatic rings. The fourth-order valence-electron chi connectivity index (χ4n) is 3.59. The van der Waals surface area contributed by atoms with Crippen molar-refractivity contribution in [2.45, 2.75) is 12.0 Å². The number of amides is 1. The predicted molar refractivity (Wildman–Crippen MR) is 115 cm³/mol. The number of hydrogen-bond donors (Lipinski definition) is 2. The lowest BCUT2D eigenvalue weighted by Gasteiger charge is -2.26. The summed E-state index contributed by atoms with van der Waals surface area (Å²) >= 11 is 0. The summed E-state index contributed by atoms with van der Waals surface area (Å²) in [4.78, 5) is 29.6. The lowest BCUT2D eigenvalue weighted by molar-refractivity contribution is -0.139. The average Bonchev–Trinajstić information content (AvgIpc) is 2.79. The van der Waals surface area contributed by atoms with Crippen LogP contribution in [0.3, 0.4) is 0 Å². The Morgan fingerprint density at radius 2 is 1.30 bits per heavy atom. The number of carboxylic acids is 1. The zero-order valence-corrected chi connectivity index (χ0v) is 16.1. The van der Waals surface area contributed by atoms with Crippen molar-refractivity contribution in [1.29, 1.82) is 0 Å². The third-order valence-electron chi connectivity index (χ3n) is 5.03. The SMILES string of the molecule is O=C(N[C@@H](C(=O)O)C(c1ccccc1)c1ccccc1)c1ccc2ccccc2n1. The van der Waals surface area contributed by atoms with E-state index in [0.717, 1.165) is 16.5 Å². The van der Waals surface area contributed by atoms with Crippen molar-refractivity contribution < 1.29 is 14.7 Å². The first-order valence-corrected chi connectivity index (χ1v) is 9.63. The Kier molecular flexibility index (Phi) is 5.52. The summed E-state index contributed by atoms with van der Waals surface area (Å²) in [7, 11) is 0. The van der Waals surface area contributed by atoms with Gasteiger partial charge in [0, 0.05) is 11.3 Å². The minimum absolute atomic E-state index is 0.180. The van der Waals surface area contributed by atoms with Crippen molar-refractivity contribution in [3.63, 3.8) is 0 Å². The average molecular weight is 396 g/mol. The van der Waals surface area contributed by atoms with Crippen molar-refractivity contribution in [1.82, 2.24) is 10.3 Å². The second kappa shape index (κ2) is 8.57. The highest BCUT2D eigenvalue weighted by atomic mass is 16.4. The Bertz CT molecular complexity index is 1140. The number of fused-ring (bicyclic) bond motifs is 1. The van der Waals surface area contributed by atoms with Gasteiger partial charge in [-0.25, -0.2) is 9.78 Å². The first-order valence-electron chi connectivity index (χ1n) is 9.63. The van der Waals surface area contributed by atoms with E-state index in [0.29, 0.717) is 5.52 Å². The van der Waals surface area contributed by atoms with Crippen molar-refractivity contribution in [3.8, 4) is 0 Å². The van der Waals surface area contributed by atoms with Crippen LogP contribution in [0.4, 0.5) is 0 Å². The molecule has 3 aromatic carbocycles. The van der Waals surface area contributed by atoms with Gasteiger partial charge in [0.05, 0.1) is 5.52 Å². The zero-order valence-electron chi connectivity index (χ0n) is 16.1. The van der Waals surface area contributed by atoms with E-state index < -0.39 is 23.8 Å². The molecule has 148 valence electrons. The second-order valence-electron chi connectivity index (χ2n) is 6.98. The highest BCUT2D eigenvalue weighted by Gasteiger charge is 2.32. The van der Waals surface area contributed by atoms with Crippen molar-refractivity contribution in [2.24, 2.45) is 0 Å². The number of benzene rings is 3. The number of para-hydroxylation sites is 1. The topological polar surface area (TPSA) is 79.3 Å². The summed E-state index contributed by atoms with van der Waals surface area (Å²) in [6.07, 6.45) is 0. The van der Waals surface area contributed by atoms with Gasteiger partial charge in [-0.15, -0.1) is 0 Å². The maximum atomic E-state index is 12.9. The van der Waals surface area contributed by atoms with Gasteiger partial charge < -0.3 is 10.4 Å². The number of pyridine rings is 1. The largest absolute Gasteiger partial charge is 0.480 e. The Balaban J connectivity index is 1.70. The van der Waals surface area contributed by atoms with E-state index in [9.17, 15) is 14.7 Å². The molecule has 0 saturated heterocycles. The van der Waals surface area contributed by atoms with Gasteiger partial charge in [0.15, 0.2) is 0 Å². The molecule has 0 aliphatic carbocycles. The van der Waals surface area contributed by atoms with Crippen molar-refractivity contribution in [2.75, 3.05) is 0 Å². The minimum Gasteiger partial charge on any atom is -0.480 e. The number of aromatic nitrogens is 1. The molecule has 0 unspecified atom stereocenters. The third-order valence-corrected chi connectivity index (χ3v) is 5.03. The molecule has 0 fully saturated rings. The van der Waals surface area contributed by atoms with Crippen molar-refractivity contribution in [3.05, 3.63) is 114 Å². The summed E-state index contributed by atoms with van der Waals surface area (Å²) in [5, 5.41) is 13.6. The smallest absolute Gasteiger partial charge is 0.327 e. The van der Waals surface area contributed by atoms with Gasteiger partial charge in [0.2, 0.25) is 0 Å². The normalized spacial score (nSPS) is 11.9. The van der Waals surface area contributed by atoms with Gasteiger partial charge >= 0.3 is 5.97 Å². The van der Waals surface area contributed by atoms with Crippen LogP contribution in [0, 0.1) is 0 Å². The van der Waals surface area contributed by atoms with E-state index in [2.05, 4.69) is 10.3 Å². The fourth-order valence-corrected chi connectivity index (χ4v) is 3.59. The zero-order chi connectivity index (χ0) is 20.9. The second-order valence-corrected chi connectivity index (χ2v) is 6.98. The lowest BCUT2D eigenvalue weighted by atomic mass is 9.85. The molecule has 0 radical (unpaired) electrons. The molecule has 5 nitrogen and oxygen atoms in total. The quantitative estimate of drug-likeness (QED) is 0.511. The maximum Gasteiger partial charge on any atom is 0.327 e. The molecule has 0 spiro atoms. The van der Waals surface area contributed by atoms with Crippen LogP contribution in [0.5, 0.6) is 0 Å². The molecular formula is C25H20N2O3. The molecule has 5 heteroatoms. The van der Waals surface area contributed by atoms with Crippen LogP contribution in [0.25, 0.3) is 10.9 Å². The number of carboxylic acid groups (broad SMARTS) is 1. The Hall–Kier alpha value is -3.99. The first-order chi connectivity index (χ1) is 14.6. The number of aliphatic carboxylic acids is 1. The van der Waals surface area contributed by atoms with E-state index in [4.69, 9.17) is 0 Å². The molecule has 4 rings (SSSR count). The lowest BCUT2D eigenvalue weighted by Crippen LogP contribution is -2.45. The van der Waals surface area contributed by atoms with E-state index >= 15 is 0 Å². The van der Waals surface area contributed by atoms with Gasteiger partial charge in [-0.3, -0.25) is 4.79 Å². The summed E-state index contributed by atoms with van der Waals surface area (Å²) in [6.45, 7) is 0. The highest BCUT2D eigenvalue weighted by molar-refractivity contribution is 5.97. The van der Waals surface area contributed by atoms with E-state index in [1.54, 1.807) is 12.1 Å². The predicted octanol–water partition coefficient (Wildman–Crippen LogP) is 4.25. The van der Waals surface area contributed by atoms with Gasteiger partial charge in [0.25, 0.3) is 5.91 Å². The fraction of sp³-hybridized carbons (Fsp3) is 0.0800. The van der Waals surface area contributed by atoms with Crippen molar-refractivity contribution >= 4 is 22.8 Å². The van der Waals surface area contributed by atoms with Crippen LogP contribution in [0.15, 0.2) is 97.1 Å². The Morgan fingerprint density at radius 1 is 0.733 bits per heavy atom. The number of carbonyl (C=O) groups is 2. The van der Waals surface area contributed by atoms with Gasteiger partial charge in [-0.1, -0.05) is 84.9 Å². The molecule has 4 aromatic rings. The molecule has 1 heterocycles. The molecule has 0 bridgehead atoms. The molecule has 0 saturated carbocycles. The standard InChI is InChI=1S/C25H20N2O3/c28-24(21-16-15-17-9-7-8-14-20(17)26-21)27-23(25(29)30)22(18-10-3-1-4-11-18)19-12-5-2-6-13-19/h1-16,22-23H,(H,27,28)(H,29,30)/t23-/m1/s1. The van der Waals surface area contributed by atoms with Crippen LogP contribution in [-0.4, -0.2) is 28.0 Å². The maximum absolute atomic E-state index is 12.9. The first kappa shape index (κ1) is 19.3. The molecule has 1 aromatic heterocycles. The van der Waals surface area contributed by atoms with Crippen LogP contribution >= 0.6 is 0 Å². The third kappa shape index (κ3) is 4.05. The van der Waals surface area contributed by atoms with Crippen LogP contribution in [0.2, 0.25) is 0 Å². The minimum atomic E-state index is -1.16. The summed E-state index contributed by atoms with van der Waals surface area (Å²) < 4.78 is 0. The summed E-state index contributed by atoms with van der Waals surface area (Å²) in [5.41, 5.74) is 2.48. The van der Waals surface area contributed by atoms with Gasteiger partial charge in [0.1, 0.15) is 11.7 Å². The van der Waals surface area contributed by atoms with E-state index in [1.165, 1.54) is 0 Å². The Morgan fingerprint density at radius 3 is 1.90 bits per heavy atom. The Labute approximate surface area is 174 Å². The number of nitrogens with zero attached hydrogens (tertiary/aromatic N) is 1. The summed E-state index contributed by atoms with van der Waals surface area (Å²) in [6, 6.07) is 28.4. The molecular weight excluding hydrogens is 376 g/mol. The van der Waals surface area contributed by atoms with Crippen LogP contribution in [-0.2, 0) is 4.79 Å². The van der Waals surface area contributed by atoms with Crippen LogP contribution < -0.4 is 5.32 Å². The van der Waals surface area contributed by atoms with Gasteiger partial charge in [-0.05, 0) is 23.3 Å². The number of hydrogen-bond acceptors (Lipinski definition) is 3. The number of carbonyl (C=O) groups excluding carboxylic acids is 1. The molecule has 0 aliphatic heterocycles. The van der Waals surface area contributed by atoms with E-state index in [-0.39, 0.29) is 5.69 Å². The van der Waals surface area contributed by atoms with E-state index in [1.807, 2.05) is 84.9 Å². The molecule has 2 N–H and O–H groups in total.